The molecular weight excluding hydrogens is 418 g/mol. The fourth-order valence-electron chi connectivity index (χ4n) is 3.54. The monoisotopic (exact) mass is 447 g/mol. The van der Waals surface area contributed by atoms with Crippen molar-refractivity contribution in [2.75, 3.05) is 18.4 Å². The highest BCUT2D eigenvalue weighted by molar-refractivity contribution is 5.91. The molecule has 3 heterocycles. The standard InChI is InChI=1S/C23H29N9O/c1-16(2)18-15-28-32-21(18)29-20(22(33)25-11-6-5-10-24)30-23(32)26-14-17-8-3-4-9-19(17)31-13-7-12-27-31/h3-4,7-9,12-13,15-16H,5-6,10-11,14,24H2,1-2H3,(H,25,33)(H,26,29,30). The van der Waals surface area contributed by atoms with Crippen LogP contribution in [0.1, 0.15) is 54.4 Å². The Hall–Kier alpha value is -3.79. The predicted octanol–water partition coefficient (Wildman–Crippen LogP) is 2.51. The number of para-hydroxylation sites is 1. The lowest BCUT2D eigenvalue weighted by Crippen LogP contribution is -2.28. The number of amides is 1. The average Bonchev–Trinajstić information content (AvgIpc) is 3.50. The van der Waals surface area contributed by atoms with E-state index in [4.69, 9.17) is 5.73 Å². The maximum absolute atomic E-state index is 12.8. The number of hydrogen-bond donors (Lipinski definition) is 3. The molecule has 0 atom stereocenters. The molecule has 0 unspecified atom stereocenters. The minimum atomic E-state index is -0.314. The Kier molecular flexibility index (Phi) is 6.94. The second-order valence-corrected chi connectivity index (χ2v) is 8.05. The zero-order valence-electron chi connectivity index (χ0n) is 18.9. The van der Waals surface area contributed by atoms with Crippen LogP contribution in [0, 0.1) is 0 Å². The minimum Gasteiger partial charge on any atom is -0.350 e. The third-order valence-corrected chi connectivity index (χ3v) is 5.32. The van der Waals surface area contributed by atoms with Crippen molar-refractivity contribution in [1.82, 2.24) is 34.7 Å². The number of rotatable bonds is 10. The van der Waals surface area contributed by atoms with Crippen LogP contribution in [0.4, 0.5) is 5.95 Å². The SMILES string of the molecule is CC(C)c1cnn2c(NCc3ccccc3-n3cccn3)nc(C(=O)NCCCCN)nc12. The third-order valence-electron chi connectivity index (χ3n) is 5.32. The topological polar surface area (TPSA) is 128 Å². The van der Waals surface area contributed by atoms with Gasteiger partial charge in [-0.3, -0.25) is 4.79 Å². The molecule has 0 spiro atoms. The average molecular weight is 448 g/mol. The molecule has 0 aliphatic carbocycles. The summed E-state index contributed by atoms with van der Waals surface area (Å²) in [5, 5.41) is 15.0. The first-order chi connectivity index (χ1) is 16.1. The second kappa shape index (κ2) is 10.2. The van der Waals surface area contributed by atoms with E-state index in [-0.39, 0.29) is 17.6 Å². The van der Waals surface area contributed by atoms with Crippen LogP contribution < -0.4 is 16.4 Å². The molecule has 0 bridgehead atoms. The summed E-state index contributed by atoms with van der Waals surface area (Å²) in [4.78, 5) is 21.8. The summed E-state index contributed by atoms with van der Waals surface area (Å²) in [7, 11) is 0. The molecule has 10 nitrogen and oxygen atoms in total. The van der Waals surface area contributed by atoms with E-state index < -0.39 is 0 Å². The van der Waals surface area contributed by atoms with Crippen LogP contribution in [-0.2, 0) is 6.54 Å². The third kappa shape index (κ3) is 5.01. The first-order valence-corrected chi connectivity index (χ1v) is 11.1. The number of nitrogens with one attached hydrogen (secondary N) is 2. The van der Waals surface area contributed by atoms with Crippen LogP contribution in [-0.4, -0.2) is 48.4 Å². The number of fused-ring (bicyclic) bond motifs is 1. The van der Waals surface area contributed by atoms with Crippen LogP contribution in [0.25, 0.3) is 11.3 Å². The number of carbonyl (C=O) groups is 1. The van der Waals surface area contributed by atoms with E-state index in [0.29, 0.717) is 31.2 Å². The van der Waals surface area contributed by atoms with Crippen molar-refractivity contribution in [2.45, 2.75) is 39.2 Å². The van der Waals surface area contributed by atoms with Gasteiger partial charge in [-0.15, -0.1) is 0 Å². The Morgan fingerprint density at radius 1 is 1.12 bits per heavy atom. The van der Waals surface area contributed by atoms with Crippen molar-refractivity contribution < 1.29 is 4.79 Å². The Balaban J connectivity index is 1.64. The summed E-state index contributed by atoms with van der Waals surface area (Å²) in [6.45, 7) is 5.73. The van der Waals surface area contributed by atoms with Crippen LogP contribution in [0.5, 0.6) is 0 Å². The molecule has 10 heteroatoms. The molecule has 0 aliphatic heterocycles. The van der Waals surface area contributed by atoms with E-state index in [0.717, 1.165) is 29.7 Å². The van der Waals surface area contributed by atoms with E-state index in [1.165, 1.54) is 0 Å². The number of nitrogens with zero attached hydrogens (tertiary/aromatic N) is 6. The van der Waals surface area contributed by atoms with Gasteiger partial charge in [0.05, 0.1) is 11.9 Å². The van der Waals surface area contributed by atoms with Gasteiger partial charge in [0, 0.05) is 31.0 Å². The molecule has 0 radical (unpaired) electrons. The van der Waals surface area contributed by atoms with Crippen LogP contribution in [0.3, 0.4) is 0 Å². The lowest BCUT2D eigenvalue weighted by atomic mass is 10.1. The molecule has 4 N–H and O–H groups in total. The van der Waals surface area contributed by atoms with Gasteiger partial charge in [-0.1, -0.05) is 32.0 Å². The molecule has 0 aliphatic rings. The Morgan fingerprint density at radius 3 is 2.73 bits per heavy atom. The molecular formula is C23H29N9O. The second-order valence-electron chi connectivity index (χ2n) is 8.05. The van der Waals surface area contributed by atoms with E-state index in [1.807, 2.05) is 41.2 Å². The van der Waals surface area contributed by atoms with Gasteiger partial charge in [0.2, 0.25) is 11.8 Å². The van der Waals surface area contributed by atoms with Crippen molar-refractivity contribution in [3.63, 3.8) is 0 Å². The maximum Gasteiger partial charge on any atom is 0.289 e. The highest BCUT2D eigenvalue weighted by atomic mass is 16.2. The molecule has 4 aromatic rings. The normalized spacial score (nSPS) is 11.3. The number of unbranched alkanes of at least 4 members (excludes halogenated alkanes) is 1. The van der Waals surface area contributed by atoms with E-state index in [9.17, 15) is 4.79 Å². The van der Waals surface area contributed by atoms with Crippen molar-refractivity contribution in [3.05, 3.63) is 65.9 Å². The molecule has 1 aromatic carbocycles. The number of benzene rings is 1. The molecule has 0 saturated heterocycles. The lowest BCUT2D eigenvalue weighted by molar-refractivity contribution is 0.0942. The van der Waals surface area contributed by atoms with E-state index >= 15 is 0 Å². The quantitative estimate of drug-likeness (QED) is 0.319. The van der Waals surface area contributed by atoms with Crippen molar-refractivity contribution in [2.24, 2.45) is 5.73 Å². The zero-order chi connectivity index (χ0) is 23.2. The summed E-state index contributed by atoms with van der Waals surface area (Å²) < 4.78 is 3.47. The fourth-order valence-corrected chi connectivity index (χ4v) is 3.54. The van der Waals surface area contributed by atoms with Crippen molar-refractivity contribution in [1.29, 1.82) is 0 Å². The Morgan fingerprint density at radius 2 is 1.97 bits per heavy atom. The summed E-state index contributed by atoms with van der Waals surface area (Å²) in [5.41, 5.74) is 9.09. The summed E-state index contributed by atoms with van der Waals surface area (Å²) in [5.74, 6) is 0.450. The van der Waals surface area contributed by atoms with E-state index in [2.05, 4.69) is 44.6 Å². The van der Waals surface area contributed by atoms with Gasteiger partial charge in [-0.2, -0.15) is 19.7 Å². The van der Waals surface area contributed by atoms with Gasteiger partial charge in [0.1, 0.15) is 0 Å². The lowest BCUT2D eigenvalue weighted by Gasteiger charge is -2.13. The molecule has 33 heavy (non-hydrogen) atoms. The largest absolute Gasteiger partial charge is 0.350 e. The van der Waals surface area contributed by atoms with Crippen molar-refractivity contribution >= 4 is 17.5 Å². The molecule has 4 rings (SSSR count). The van der Waals surface area contributed by atoms with Gasteiger partial charge in [-0.05, 0) is 43.0 Å². The van der Waals surface area contributed by atoms with Crippen LogP contribution in [0.2, 0.25) is 0 Å². The highest BCUT2D eigenvalue weighted by Crippen LogP contribution is 2.22. The maximum atomic E-state index is 12.8. The summed E-state index contributed by atoms with van der Waals surface area (Å²) in [6, 6.07) is 9.86. The predicted molar refractivity (Wildman–Crippen MR) is 126 cm³/mol. The number of hydrogen-bond acceptors (Lipinski definition) is 7. The number of anilines is 1. The first kappa shape index (κ1) is 22.4. The Labute approximate surface area is 192 Å². The molecule has 172 valence electrons. The van der Waals surface area contributed by atoms with Crippen molar-refractivity contribution in [3.8, 4) is 5.69 Å². The highest BCUT2D eigenvalue weighted by Gasteiger charge is 2.19. The van der Waals surface area contributed by atoms with Gasteiger partial charge in [0.25, 0.3) is 5.91 Å². The van der Waals surface area contributed by atoms with Gasteiger partial charge >= 0.3 is 0 Å². The fraction of sp³-hybridized carbons (Fsp3) is 0.348. The smallest absolute Gasteiger partial charge is 0.289 e. The minimum absolute atomic E-state index is 0.112. The number of nitrogens with two attached hydrogens (primary N) is 1. The zero-order valence-corrected chi connectivity index (χ0v) is 18.9. The molecule has 0 saturated carbocycles. The van der Waals surface area contributed by atoms with Gasteiger partial charge < -0.3 is 16.4 Å². The number of aromatic nitrogens is 6. The first-order valence-electron chi connectivity index (χ1n) is 11.1. The molecule has 0 fully saturated rings. The number of carbonyl (C=O) groups excluding carboxylic acids is 1. The summed E-state index contributed by atoms with van der Waals surface area (Å²) >= 11 is 0. The Bertz CT molecular complexity index is 1210. The molecule has 3 aromatic heterocycles. The van der Waals surface area contributed by atoms with E-state index in [1.54, 1.807) is 16.9 Å². The molecule has 1 amide bonds. The van der Waals surface area contributed by atoms with Crippen LogP contribution >= 0.6 is 0 Å². The summed E-state index contributed by atoms with van der Waals surface area (Å²) in [6.07, 6.45) is 7.08. The van der Waals surface area contributed by atoms with Gasteiger partial charge in [0.15, 0.2) is 5.65 Å². The van der Waals surface area contributed by atoms with Crippen LogP contribution in [0.15, 0.2) is 48.9 Å². The van der Waals surface area contributed by atoms with Gasteiger partial charge in [-0.25, -0.2) is 9.67 Å².